The van der Waals surface area contributed by atoms with Crippen molar-refractivity contribution in [1.29, 1.82) is 0 Å². The number of hydrogen-bond donors (Lipinski definition) is 2. The van der Waals surface area contributed by atoms with Crippen LogP contribution in [0.4, 0.5) is 0 Å². The van der Waals surface area contributed by atoms with Crippen LogP contribution in [0, 0.1) is 5.92 Å². The van der Waals surface area contributed by atoms with Crippen molar-refractivity contribution in [1.82, 2.24) is 10.6 Å². The van der Waals surface area contributed by atoms with E-state index in [-0.39, 0.29) is 4.75 Å². The lowest BCUT2D eigenvalue weighted by Gasteiger charge is -2.34. The smallest absolute Gasteiger partial charge is 0.191 e. The van der Waals surface area contributed by atoms with Crippen molar-refractivity contribution >= 4 is 17.7 Å². The van der Waals surface area contributed by atoms with Crippen molar-refractivity contribution in [2.45, 2.75) is 64.0 Å². The molecule has 1 aliphatic heterocycles. The van der Waals surface area contributed by atoms with Gasteiger partial charge in [0.1, 0.15) is 0 Å². The maximum absolute atomic E-state index is 5.52. The molecule has 0 aromatic heterocycles. The van der Waals surface area contributed by atoms with Gasteiger partial charge in [0.15, 0.2) is 5.96 Å². The van der Waals surface area contributed by atoms with E-state index in [1.54, 1.807) is 0 Å². The van der Waals surface area contributed by atoms with Gasteiger partial charge in [0.2, 0.25) is 0 Å². The van der Waals surface area contributed by atoms with Gasteiger partial charge in [-0.1, -0.05) is 33.1 Å². The van der Waals surface area contributed by atoms with Gasteiger partial charge in [-0.25, -0.2) is 0 Å². The third-order valence-corrected chi connectivity index (χ3v) is 6.21. The Kier molecular flexibility index (Phi) is 10.8. The summed E-state index contributed by atoms with van der Waals surface area (Å²) in [5.41, 5.74) is 0. The molecule has 5 heteroatoms. The van der Waals surface area contributed by atoms with Crippen molar-refractivity contribution in [3.05, 3.63) is 0 Å². The summed E-state index contributed by atoms with van der Waals surface area (Å²) in [6.07, 6.45) is 9.56. The molecular formula is C18H37N3OS. The molecule has 23 heavy (non-hydrogen) atoms. The normalized spacial score (nSPS) is 19.4. The highest BCUT2D eigenvalue weighted by molar-refractivity contribution is 8.00. The van der Waals surface area contributed by atoms with Crippen LogP contribution < -0.4 is 10.6 Å². The minimum atomic E-state index is 0.257. The molecule has 0 spiro atoms. The second-order valence-electron chi connectivity index (χ2n) is 6.49. The minimum Gasteiger partial charge on any atom is -0.381 e. The van der Waals surface area contributed by atoms with Gasteiger partial charge in [-0.3, -0.25) is 4.99 Å². The molecule has 2 N–H and O–H groups in total. The molecule has 0 aromatic carbocycles. The van der Waals surface area contributed by atoms with E-state index in [2.05, 4.69) is 37.7 Å². The zero-order chi connectivity index (χ0) is 17.0. The highest BCUT2D eigenvalue weighted by Gasteiger charge is 2.31. The maximum atomic E-state index is 5.52. The highest BCUT2D eigenvalue weighted by atomic mass is 32.2. The number of nitrogens with zero attached hydrogens (tertiary/aromatic N) is 1. The van der Waals surface area contributed by atoms with Crippen LogP contribution in [0.5, 0.6) is 0 Å². The first-order valence-corrected chi connectivity index (χ1v) is 10.6. The molecule has 1 rings (SSSR count). The first-order valence-electron chi connectivity index (χ1n) is 9.34. The van der Waals surface area contributed by atoms with Crippen LogP contribution in [0.25, 0.3) is 0 Å². The molecule has 136 valence electrons. The fourth-order valence-corrected chi connectivity index (χ4v) is 3.69. The molecule has 0 aromatic rings. The average Bonchev–Trinajstić information content (AvgIpc) is 2.60. The highest BCUT2D eigenvalue weighted by Crippen LogP contribution is 2.33. The van der Waals surface area contributed by atoms with E-state index in [9.17, 15) is 0 Å². The van der Waals surface area contributed by atoms with E-state index in [1.807, 2.05) is 11.8 Å². The molecule has 0 radical (unpaired) electrons. The molecule has 0 bridgehead atoms. The number of rotatable bonds is 10. The minimum absolute atomic E-state index is 0.257. The Hall–Kier alpha value is -0.420. The molecule has 1 unspecified atom stereocenters. The SMILES string of the molecule is CCCCC(CC)CNC(=NCC1(SC)CCOCC1)NCC. The summed E-state index contributed by atoms with van der Waals surface area (Å²) < 4.78 is 5.78. The van der Waals surface area contributed by atoms with Crippen molar-refractivity contribution in [2.75, 3.05) is 39.1 Å². The van der Waals surface area contributed by atoms with Crippen LogP contribution in [-0.4, -0.2) is 49.8 Å². The van der Waals surface area contributed by atoms with Gasteiger partial charge < -0.3 is 15.4 Å². The van der Waals surface area contributed by atoms with Crippen molar-refractivity contribution in [3.63, 3.8) is 0 Å². The lowest BCUT2D eigenvalue weighted by atomic mass is 9.99. The van der Waals surface area contributed by atoms with Gasteiger partial charge >= 0.3 is 0 Å². The van der Waals surface area contributed by atoms with E-state index < -0.39 is 0 Å². The fourth-order valence-electron chi connectivity index (χ4n) is 2.92. The lowest BCUT2D eigenvalue weighted by Crippen LogP contribution is -2.42. The number of nitrogens with one attached hydrogen (secondary N) is 2. The predicted octanol–water partition coefficient (Wildman–Crippen LogP) is 3.67. The van der Waals surface area contributed by atoms with E-state index in [0.29, 0.717) is 0 Å². The molecule has 1 aliphatic rings. The summed E-state index contributed by atoms with van der Waals surface area (Å²) in [4.78, 5) is 4.88. The summed E-state index contributed by atoms with van der Waals surface area (Å²) in [7, 11) is 0. The summed E-state index contributed by atoms with van der Waals surface area (Å²) in [6.45, 7) is 11.2. The van der Waals surface area contributed by atoms with Crippen molar-refractivity contribution in [2.24, 2.45) is 10.9 Å². The van der Waals surface area contributed by atoms with Gasteiger partial charge in [0.25, 0.3) is 0 Å². The average molecular weight is 344 g/mol. The molecule has 1 fully saturated rings. The molecule has 0 saturated carbocycles. The summed E-state index contributed by atoms with van der Waals surface area (Å²) >= 11 is 1.95. The predicted molar refractivity (Wildman–Crippen MR) is 104 cm³/mol. The number of guanidine groups is 1. The Morgan fingerprint density at radius 1 is 1.22 bits per heavy atom. The van der Waals surface area contributed by atoms with Gasteiger partial charge in [-0.2, -0.15) is 11.8 Å². The number of hydrogen-bond acceptors (Lipinski definition) is 3. The van der Waals surface area contributed by atoms with Gasteiger partial charge in [0, 0.05) is 31.1 Å². The molecule has 1 heterocycles. The first kappa shape index (κ1) is 20.6. The van der Waals surface area contributed by atoms with E-state index in [4.69, 9.17) is 9.73 Å². The van der Waals surface area contributed by atoms with Gasteiger partial charge in [-0.15, -0.1) is 0 Å². The maximum Gasteiger partial charge on any atom is 0.191 e. The van der Waals surface area contributed by atoms with E-state index >= 15 is 0 Å². The topological polar surface area (TPSA) is 45.7 Å². The number of unbranched alkanes of at least 4 members (excludes halogenated alkanes) is 1. The Morgan fingerprint density at radius 2 is 1.96 bits per heavy atom. The second-order valence-corrected chi connectivity index (χ2v) is 7.77. The zero-order valence-corrected chi connectivity index (χ0v) is 16.4. The summed E-state index contributed by atoms with van der Waals surface area (Å²) in [5.74, 6) is 1.72. The van der Waals surface area contributed by atoms with Crippen LogP contribution in [0.15, 0.2) is 4.99 Å². The van der Waals surface area contributed by atoms with Crippen molar-refractivity contribution in [3.8, 4) is 0 Å². The summed E-state index contributed by atoms with van der Waals surface area (Å²) in [6, 6.07) is 0. The quantitative estimate of drug-likeness (QED) is 0.469. The molecule has 1 atom stereocenters. The monoisotopic (exact) mass is 343 g/mol. The molecule has 1 saturated heterocycles. The largest absolute Gasteiger partial charge is 0.381 e. The molecule has 0 aliphatic carbocycles. The van der Waals surface area contributed by atoms with Crippen LogP contribution in [0.3, 0.4) is 0 Å². The van der Waals surface area contributed by atoms with Gasteiger partial charge in [-0.05, 0) is 38.4 Å². The molecule has 4 nitrogen and oxygen atoms in total. The van der Waals surface area contributed by atoms with Crippen LogP contribution in [-0.2, 0) is 4.74 Å². The first-order chi connectivity index (χ1) is 11.2. The third kappa shape index (κ3) is 7.79. The van der Waals surface area contributed by atoms with E-state index in [0.717, 1.165) is 57.6 Å². The van der Waals surface area contributed by atoms with Crippen molar-refractivity contribution < 1.29 is 4.74 Å². The fraction of sp³-hybridized carbons (Fsp3) is 0.944. The summed E-state index contributed by atoms with van der Waals surface area (Å²) in [5, 5.41) is 6.96. The second kappa shape index (κ2) is 12.0. The van der Waals surface area contributed by atoms with Crippen LogP contribution >= 0.6 is 11.8 Å². The van der Waals surface area contributed by atoms with E-state index in [1.165, 1.54) is 25.7 Å². The third-order valence-electron chi connectivity index (χ3n) is 4.81. The molecule has 0 amide bonds. The van der Waals surface area contributed by atoms with Gasteiger partial charge in [0.05, 0.1) is 6.54 Å². The Morgan fingerprint density at radius 3 is 2.52 bits per heavy atom. The Bertz CT molecular complexity index is 330. The number of ether oxygens (including phenoxy) is 1. The Labute approximate surface area is 147 Å². The lowest BCUT2D eigenvalue weighted by molar-refractivity contribution is 0.0794. The number of thioether (sulfide) groups is 1. The number of aliphatic imine (C=N–C) groups is 1. The van der Waals surface area contributed by atoms with Crippen LogP contribution in [0.1, 0.15) is 59.3 Å². The standard InChI is InChI=1S/C18H37N3OS/c1-5-8-9-16(6-2)14-20-17(19-7-3)21-15-18(23-4)10-12-22-13-11-18/h16H,5-15H2,1-4H3,(H2,19,20,21). The van der Waals surface area contributed by atoms with Crippen LogP contribution in [0.2, 0.25) is 0 Å². The zero-order valence-electron chi connectivity index (χ0n) is 15.6. The Balaban J connectivity index is 2.54. The molecular weight excluding hydrogens is 306 g/mol.